The number of phenols is 1. The van der Waals surface area contributed by atoms with E-state index in [-0.39, 0.29) is 21.2 Å². The van der Waals surface area contributed by atoms with Gasteiger partial charge in [0.05, 0.1) is 11.2 Å². The van der Waals surface area contributed by atoms with Crippen LogP contribution in [0.2, 0.25) is 5.02 Å². The van der Waals surface area contributed by atoms with Crippen LogP contribution < -0.4 is 15.5 Å². The molecule has 0 aliphatic rings. The molecule has 0 bridgehead atoms. The van der Waals surface area contributed by atoms with Gasteiger partial charge in [-0.1, -0.05) is 11.6 Å². The molecule has 0 unspecified atom stereocenters. The lowest BCUT2D eigenvalue weighted by atomic mass is 10.2. The molecule has 0 aliphatic carbocycles. The molecule has 0 fully saturated rings. The zero-order valence-corrected chi connectivity index (χ0v) is 17.0. The van der Waals surface area contributed by atoms with Gasteiger partial charge in [0.2, 0.25) is 10.0 Å². The van der Waals surface area contributed by atoms with Crippen LogP contribution >= 0.6 is 11.6 Å². The largest absolute Gasteiger partial charge is 0.507 e. The van der Waals surface area contributed by atoms with Crippen molar-refractivity contribution in [2.24, 2.45) is 10.2 Å². The lowest BCUT2D eigenvalue weighted by Crippen LogP contribution is -2.21. The van der Waals surface area contributed by atoms with E-state index in [1.165, 1.54) is 18.3 Å². The zero-order valence-electron chi connectivity index (χ0n) is 15.4. The van der Waals surface area contributed by atoms with Crippen molar-refractivity contribution < 1.29 is 18.3 Å². The average molecular weight is 425 g/mol. The van der Waals surface area contributed by atoms with Gasteiger partial charge in [-0.15, -0.1) is 0 Å². The molecule has 4 N–H and O–H groups in total. The first kappa shape index (κ1) is 21.7. The number of hydrazone groups is 1. The van der Waals surface area contributed by atoms with Crippen LogP contribution in [0.1, 0.15) is 29.8 Å². The fraction of sp³-hybridized carbons (Fsp3) is 0.222. The molecular formula is C18H21ClN4O4S. The molecule has 2 rings (SSSR count). The molecule has 0 spiro atoms. The summed E-state index contributed by atoms with van der Waals surface area (Å²) in [6, 6.07) is 8.82. The van der Waals surface area contributed by atoms with Crippen molar-refractivity contribution in [3.8, 4) is 5.75 Å². The number of hydrogen-bond donors (Lipinski definition) is 3. The van der Waals surface area contributed by atoms with E-state index in [1.54, 1.807) is 12.1 Å². The third kappa shape index (κ3) is 5.22. The normalized spacial score (nSPS) is 11.6. The predicted molar refractivity (Wildman–Crippen MR) is 110 cm³/mol. The maximum absolute atomic E-state index is 12.2. The summed E-state index contributed by atoms with van der Waals surface area (Å²) in [6.45, 7) is 5.65. The van der Waals surface area contributed by atoms with Gasteiger partial charge < -0.3 is 10.0 Å². The first-order chi connectivity index (χ1) is 13.2. The van der Waals surface area contributed by atoms with Gasteiger partial charge in [-0.25, -0.2) is 19.0 Å². The highest BCUT2D eigenvalue weighted by molar-refractivity contribution is 7.89. The van der Waals surface area contributed by atoms with Crippen LogP contribution in [0.3, 0.4) is 0 Å². The van der Waals surface area contributed by atoms with E-state index >= 15 is 0 Å². The fourth-order valence-corrected chi connectivity index (χ4v) is 3.59. The quantitative estimate of drug-likeness (QED) is 0.464. The number of sulfonamides is 1. The van der Waals surface area contributed by atoms with E-state index in [1.807, 2.05) is 19.9 Å². The zero-order chi connectivity index (χ0) is 20.9. The molecule has 2 aromatic rings. The van der Waals surface area contributed by atoms with Crippen LogP contribution in [0.25, 0.3) is 0 Å². The molecule has 28 heavy (non-hydrogen) atoms. The summed E-state index contributed by atoms with van der Waals surface area (Å²) >= 11 is 5.79. The van der Waals surface area contributed by atoms with Crippen molar-refractivity contribution in [1.29, 1.82) is 0 Å². The monoisotopic (exact) mass is 424 g/mol. The van der Waals surface area contributed by atoms with Gasteiger partial charge in [-0.05, 0) is 44.2 Å². The molecule has 0 atom stereocenters. The second-order valence-electron chi connectivity index (χ2n) is 5.80. The highest BCUT2D eigenvalue weighted by atomic mass is 35.5. The Hall–Kier alpha value is -2.62. The summed E-state index contributed by atoms with van der Waals surface area (Å²) in [4.78, 5) is 13.9. The highest BCUT2D eigenvalue weighted by Gasteiger charge is 2.16. The number of anilines is 1. The lowest BCUT2D eigenvalue weighted by Gasteiger charge is -2.21. The molecule has 0 saturated carbocycles. The smallest absolute Gasteiger partial charge is 0.271 e. The predicted octanol–water partition coefficient (Wildman–Crippen LogP) is 2.30. The third-order valence-corrected chi connectivity index (χ3v) is 5.40. The lowest BCUT2D eigenvalue weighted by molar-refractivity contribution is 0.0955. The Morgan fingerprint density at radius 1 is 1.25 bits per heavy atom. The number of hydrogen-bond acceptors (Lipinski definition) is 6. The highest BCUT2D eigenvalue weighted by Crippen LogP contribution is 2.24. The number of amides is 1. The SMILES string of the molecule is CCN(CC)c1ccc(/C=N/NC(=O)c2ccc(Cl)c(S(N)(=O)=O)c2)c(O)c1. The molecule has 0 radical (unpaired) electrons. The molecule has 0 saturated heterocycles. The Kier molecular flexibility index (Phi) is 7.00. The van der Waals surface area contributed by atoms with Crippen molar-refractivity contribution in [3.05, 3.63) is 52.5 Å². The third-order valence-electron chi connectivity index (χ3n) is 4.01. The van der Waals surface area contributed by atoms with E-state index < -0.39 is 15.9 Å². The molecule has 150 valence electrons. The van der Waals surface area contributed by atoms with Crippen LogP contribution in [0.15, 0.2) is 46.4 Å². The van der Waals surface area contributed by atoms with Crippen molar-refractivity contribution in [2.75, 3.05) is 18.0 Å². The molecule has 1 amide bonds. The second kappa shape index (κ2) is 9.05. The summed E-state index contributed by atoms with van der Waals surface area (Å²) < 4.78 is 23.0. The van der Waals surface area contributed by atoms with Crippen molar-refractivity contribution in [3.63, 3.8) is 0 Å². The van der Waals surface area contributed by atoms with Crippen LogP contribution in [-0.4, -0.2) is 38.7 Å². The minimum atomic E-state index is -4.06. The van der Waals surface area contributed by atoms with Crippen molar-refractivity contribution in [2.45, 2.75) is 18.7 Å². The van der Waals surface area contributed by atoms with Gasteiger partial charge in [-0.3, -0.25) is 4.79 Å². The van der Waals surface area contributed by atoms with E-state index in [0.29, 0.717) is 5.56 Å². The van der Waals surface area contributed by atoms with Crippen LogP contribution in [0.4, 0.5) is 5.69 Å². The molecule has 0 heterocycles. The number of nitrogens with one attached hydrogen (secondary N) is 1. The van der Waals surface area contributed by atoms with Gasteiger partial charge in [0.1, 0.15) is 10.6 Å². The Balaban J connectivity index is 2.14. The number of rotatable bonds is 7. The molecule has 10 heteroatoms. The average Bonchev–Trinajstić information content (AvgIpc) is 2.63. The molecule has 8 nitrogen and oxygen atoms in total. The fourth-order valence-electron chi connectivity index (χ4n) is 2.51. The van der Waals surface area contributed by atoms with Gasteiger partial charge >= 0.3 is 0 Å². The molecular weight excluding hydrogens is 404 g/mol. The molecule has 0 aromatic heterocycles. The van der Waals surface area contributed by atoms with Crippen LogP contribution in [0, 0.1) is 0 Å². The number of nitrogens with zero attached hydrogens (tertiary/aromatic N) is 2. The standard InChI is InChI=1S/C18H21ClN4O4S/c1-3-23(4-2)14-7-5-13(16(24)10-14)11-21-22-18(25)12-6-8-15(19)17(9-12)28(20,26)27/h5-11,24H,3-4H2,1-2H3,(H,22,25)(H2,20,26,27)/b21-11+. The minimum Gasteiger partial charge on any atom is -0.507 e. The number of phenolic OH excluding ortho intramolecular Hbond substituents is 1. The summed E-state index contributed by atoms with van der Waals surface area (Å²) in [5.41, 5.74) is 3.57. The Morgan fingerprint density at radius 2 is 1.93 bits per heavy atom. The summed E-state index contributed by atoms with van der Waals surface area (Å²) in [5, 5.41) is 18.9. The maximum atomic E-state index is 12.2. The van der Waals surface area contributed by atoms with Gasteiger partial charge in [0.25, 0.3) is 5.91 Å². The number of aromatic hydroxyl groups is 1. The van der Waals surface area contributed by atoms with E-state index in [9.17, 15) is 18.3 Å². The first-order valence-electron chi connectivity index (χ1n) is 8.41. The molecule has 2 aromatic carbocycles. The first-order valence-corrected chi connectivity index (χ1v) is 10.3. The number of primary sulfonamides is 1. The van der Waals surface area contributed by atoms with E-state index in [2.05, 4.69) is 15.4 Å². The maximum Gasteiger partial charge on any atom is 0.271 e. The second-order valence-corrected chi connectivity index (χ2v) is 7.74. The Bertz CT molecular complexity index is 1000. The molecule has 0 aliphatic heterocycles. The van der Waals surface area contributed by atoms with Gasteiger partial charge in [-0.2, -0.15) is 5.10 Å². The summed E-state index contributed by atoms with van der Waals surface area (Å²) in [5.74, 6) is -0.637. The van der Waals surface area contributed by atoms with Crippen LogP contribution in [-0.2, 0) is 10.0 Å². The summed E-state index contributed by atoms with van der Waals surface area (Å²) in [6.07, 6.45) is 1.29. The Labute approximate surface area is 168 Å². The minimum absolute atomic E-state index is 0.0189. The topological polar surface area (TPSA) is 125 Å². The van der Waals surface area contributed by atoms with Gasteiger partial charge in [0, 0.05) is 36.0 Å². The number of nitrogens with two attached hydrogens (primary N) is 1. The number of carbonyl (C=O) groups excluding carboxylic acids is 1. The van der Waals surface area contributed by atoms with E-state index in [0.717, 1.165) is 24.8 Å². The number of benzene rings is 2. The van der Waals surface area contributed by atoms with Gasteiger partial charge in [0.15, 0.2) is 0 Å². The number of halogens is 1. The Morgan fingerprint density at radius 3 is 2.50 bits per heavy atom. The summed E-state index contributed by atoms with van der Waals surface area (Å²) in [7, 11) is -4.06. The van der Waals surface area contributed by atoms with E-state index in [4.69, 9.17) is 16.7 Å². The van der Waals surface area contributed by atoms with Crippen molar-refractivity contribution in [1.82, 2.24) is 5.43 Å². The number of carbonyl (C=O) groups is 1. The van der Waals surface area contributed by atoms with Crippen molar-refractivity contribution >= 4 is 39.4 Å². The van der Waals surface area contributed by atoms with Crippen LogP contribution in [0.5, 0.6) is 5.75 Å².